The summed E-state index contributed by atoms with van der Waals surface area (Å²) in [5.41, 5.74) is 11.3. The van der Waals surface area contributed by atoms with E-state index in [1.807, 2.05) is 0 Å². The summed E-state index contributed by atoms with van der Waals surface area (Å²) in [5, 5.41) is 7.54. The Hall–Kier alpha value is -2.11. The fourth-order valence-electron chi connectivity index (χ4n) is 1.26. The maximum Gasteiger partial charge on any atom is 0.220 e. The minimum absolute atomic E-state index is 0.00658. The second-order valence-electron chi connectivity index (χ2n) is 3.66. The molecule has 5 N–H and O–H groups in total. The van der Waals surface area contributed by atoms with Gasteiger partial charge in [-0.05, 0) is 24.1 Å². The third kappa shape index (κ3) is 4.50. The highest BCUT2D eigenvalue weighted by Gasteiger charge is 2.03. The van der Waals surface area contributed by atoms with Gasteiger partial charge in [-0.25, -0.2) is 4.39 Å². The molecule has 0 atom stereocenters. The van der Waals surface area contributed by atoms with Crippen LogP contribution in [0.25, 0.3) is 0 Å². The van der Waals surface area contributed by atoms with Crippen LogP contribution in [-0.4, -0.2) is 30.4 Å². The van der Waals surface area contributed by atoms with Crippen LogP contribution in [0.15, 0.2) is 29.3 Å². The van der Waals surface area contributed by atoms with Crippen molar-refractivity contribution in [3.8, 4) is 0 Å². The van der Waals surface area contributed by atoms with Crippen molar-refractivity contribution >= 4 is 11.9 Å². The fraction of sp³-hybridized carbons (Fsp3) is 0.273. The molecular formula is C11H16FN5. The lowest BCUT2D eigenvalue weighted by Gasteiger charge is -2.16. The Morgan fingerprint density at radius 3 is 2.47 bits per heavy atom. The van der Waals surface area contributed by atoms with Crippen LogP contribution in [0.4, 0.5) is 4.39 Å². The Kier molecular flexibility index (Phi) is 4.45. The van der Waals surface area contributed by atoms with Crippen molar-refractivity contribution in [1.82, 2.24) is 4.90 Å². The van der Waals surface area contributed by atoms with E-state index < -0.39 is 0 Å². The third-order valence-electron chi connectivity index (χ3n) is 2.25. The SMILES string of the molecule is CN(CCc1ccc(F)cc1)C(=N)N=C(N)N. The van der Waals surface area contributed by atoms with Crippen molar-refractivity contribution in [3.05, 3.63) is 35.6 Å². The number of benzene rings is 1. The summed E-state index contributed by atoms with van der Waals surface area (Å²) in [4.78, 5) is 5.24. The largest absolute Gasteiger partial charge is 0.370 e. The van der Waals surface area contributed by atoms with Gasteiger partial charge in [0.05, 0.1) is 0 Å². The van der Waals surface area contributed by atoms with E-state index in [-0.39, 0.29) is 17.7 Å². The molecule has 0 aromatic heterocycles. The molecule has 92 valence electrons. The lowest BCUT2D eigenvalue weighted by molar-refractivity contribution is 0.499. The van der Waals surface area contributed by atoms with Gasteiger partial charge in [0.25, 0.3) is 0 Å². The van der Waals surface area contributed by atoms with Gasteiger partial charge in [-0.3, -0.25) is 5.41 Å². The summed E-state index contributed by atoms with van der Waals surface area (Å²) in [6.45, 7) is 0.585. The van der Waals surface area contributed by atoms with Crippen LogP contribution in [-0.2, 0) is 6.42 Å². The van der Waals surface area contributed by atoms with Gasteiger partial charge in [0, 0.05) is 13.6 Å². The van der Waals surface area contributed by atoms with Gasteiger partial charge in [-0.1, -0.05) is 12.1 Å². The van der Waals surface area contributed by atoms with Crippen LogP contribution < -0.4 is 11.5 Å². The topological polar surface area (TPSA) is 91.5 Å². The zero-order chi connectivity index (χ0) is 12.8. The number of aliphatic imine (C=N–C) groups is 1. The predicted octanol–water partition coefficient (Wildman–Crippen LogP) is 0.508. The number of hydrogen-bond donors (Lipinski definition) is 3. The second-order valence-corrected chi connectivity index (χ2v) is 3.66. The van der Waals surface area contributed by atoms with Crippen molar-refractivity contribution in [2.75, 3.05) is 13.6 Å². The zero-order valence-corrected chi connectivity index (χ0v) is 9.65. The molecule has 1 rings (SSSR count). The highest BCUT2D eigenvalue weighted by atomic mass is 19.1. The molecule has 1 aromatic rings. The molecule has 0 unspecified atom stereocenters. The zero-order valence-electron chi connectivity index (χ0n) is 9.65. The molecule has 0 amide bonds. The molecule has 0 radical (unpaired) electrons. The number of guanidine groups is 2. The number of halogens is 1. The first kappa shape index (κ1) is 13.0. The number of nitrogens with two attached hydrogens (primary N) is 2. The molecule has 0 aliphatic carbocycles. The van der Waals surface area contributed by atoms with Gasteiger partial charge < -0.3 is 16.4 Å². The lowest BCUT2D eigenvalue weighted by Crippen LogP contribution is -2.31. The number of likely N-dealkylation sites (N-methyl/N-ethyl adjacent to an activating group) is 1. The van der Waals surface area contributed by atoms with E-state index in [0.717, 1.165) is 5.56 Å². The van der Waals surface area contributed by atoms with Crippen LogP contribution in [0.5, 0.6) is 0 Å². The molecule has 0 heterocycles. The van der Waals surface area contributed by atoms with Crippen molar-refractivity contribution in [2.45, 2.75) is 6.42 Å². The second kappa shape index (κ2) is 5.83. The van der Waals surface area contributed by atoms with Crippen molar-refractivity contribution in [3.63, 3.8) is 0 Å². The summed E-state index contributed by atoms with van der Waals surface area (Å²) in [6.07, 6.45) is 0.694. The van der Waals surface area contributed by atoms with E-state index in [1.54, 1.807) is 24.1 Å². The normalized spacial score (nSPS) is 9.76. The number of nitrogens with one attached hydrogen (secondary N) is 1. The Bertz CT molecular complexity index is 408. The summed E-state index contributed by atoms with van der Waals surface area (Å²) < 4.78 is 12.7. The Labute approximate surface area is 99.4 Å². The van der Waals surface area contributed by atoms with Crippen LogP contribution in [0.3, 0.4) is 0 Å². The molecule has 1 aromatic carbocycles. The van der Waals surface area contributed by atoms with E-state index in [4.69, 9.17) is 16.9 Å². The quantitative estimate of drug-likeness (QED) is 0.528. The summed E-state index contributed by atoms with van der Waals surface area (Å²) in [7, 11) is 1.72. The average molecular weight is 237 g/mol. The predicted molar refractivity (Wildman–Crippen MR) is 66.3 cm³/mol. The molecule has 0 spiro atoms. The monoisotopic (exact) mass is 237 g/mol. The lowest BCUT2D eigenvalue weighted by atomic mass is 10.1. The van der Waals surface area contributed by atoms with E-state index in [9.17, 15) is 4.39 Å². The first-order valence-electron chi connectivity index (χ1n) is 5.13. The van der Waals surface area contributed by atoms with E-state index >= 15 is 0 Å². The number of hydrogen-bond acceptors (Lipinski definition) is 1. The summed E-state index contributed by atoms with van der Waals surface area (Å²) >= 11 is 0. The molecule has 0 fully saturated rings. The first-order valence-corrected chi connectivity index (χ1v) is 5.13. The maximum absolute atomic E-state index is 12.7. The van der Waals surface area contributed by atoms with Gasteiger partial charge >= 0.3 is 0 Å². The Morgan fingerprint density at radius 1 is 1.35 bits per heavy atom. The summed E-state index contributed by atoms with van der Waals surface area (Å²) in [6, 6.07) is 6.26. The van der Waals surface area contributed by atoms with Gasteiger partial charge in [-0.15, -0.1) is 0 Å². The average Bonchev–Trinajstić information content (AvgIpc) is 2.27. The molecule has 0 aliphatic heterocycles. The number of rotatable bonds is 3. The van der Waals surface area contributed by atoms with Gasteiger partial charge in [0.2, 0.25) is 5.96 Å². The minimum Gasteiger partial charge on any atom is -0.370 e. The van der Waals surface area contributed by atoms with Crippen molar-refractivity contribution in [1.29, 1.82) is 5.41 Å². The van der Waals surface area contributed by atoms with Crippen LogP contribution >= 0.6 is 0 Å². The van der Waals surface area contributed by atoms with Crippen LogP contribution in [0.2, 0.25) is 0 Å². The molecule has 0 saturated carbocycles. The van der Waals surface area contributed by atoms with Crippen molar-refractivity contribution in [2.24, 2.45) is 16.5 Å². The van der Waals surface area contributed by atoms with Gasteiger partial charge in [0.15, 0.2) is 5.96 Å². The smallest absolute Gasteiger partial charge is 0.220 e. The highest BCUT2D eigenvalue weighted by Crippen LogP contribution is 2.04. The van der Waals surface area contributed by atoms with Crippen molar-refractivity contribution < 1.29 is 4.39 Å². The van der Waals surface area contributed by atoms with Crippen LogP contribution in [0, 0.1) is 11.2 Å². The Balaban J connectivity index is 2.48. The molecule has 5 nitrogen and oxygen atoms in total. The van der Waals surface area contributed by atoms with Gasteiger partial charge in [-0.2, -0.15) is 4.99 Å². The standard InChI is InChI=1S/C11H16FN5/c1-17(11(15)16-10(13)14)7-6-8-2-4-9(12)5-3-8/h2-5H,6-7H2,1H3,(H5,13,14,15,16). The van der Waals surface area contributed by atoms with E-state index in [0.29, 0.717) is 13.0 Å². The molecule has 6 heteroatoms. The maximum atomic E-state index is 12.7. The molecule has 0 aliphatic rings. The van der Waals surface area contributed by atoms with Crippen LogP contribution in [0.1, 0.15) is 5.56 Å². The van der Waals surface area contributed by atoms with E-state index in [2.05, 4.69) is 4.99 Å². The fourth-order valence-corrected chi connectivity index (χ4v) is 1.26. The third-order valence-corrected chi connectivity index (χ3v) is 2.25. The molecular weight excluding hydrogens is 221 g/mol. The van der Waals surface area contributed by atoms with E-state index in [1.165, 1.54) is 12.1 Å². The minimum atomic E-state index is -0.254. The summed E-state index contributed by atoms with van der Waals surface area (Å²) in [5.74, 6) is -0.383. The molecule has 0 bridgehead atoms. The number of nitrogens with zero attached hydrogens (tertiary/aromatic N) is 2. The highest BCUT2D eigenvalue weighted by molar-refractivity contribution is 5.91. The molecule has 17 heavy (non-hydrogen) atoms. The first-order chi connectivity index (χ1) is 7.99. The van der Waals surface area contributed by atoms with Gasteiger partial charge in [0.1, 0.15) is 5.82 Å². The Morgan fingerprint density at radius 2 is 1.94 bits per heavy atom. The molecule has 0 saturated heterocycles.